The van der Waals surface area contributed by atoms with Crippen molar-refractivity contribution >= 4 is 34.3 Å². The van der Waals surface area contributed by atoms with Crippen molar-refractivity contribution in [3.05, 3.63) is 42.0 Å². The molecule has 0 radical (unpaired) electrons. The Hall–Kier alpha value is -2.69. The topological polar surface area (TPSA) is 57.7 Å². The summed E-state index contributed by atoms with van der Waals surface area (Å²) in [6.45, 7) is 1.96. The van der Waals surface area contributed by atoms with Gasteiger partial charge in [-0.05, 0) is 23.9 Å². The fraction of sp³-hybridized carbons (Fsp3) is 0.133. The summed E-state index contributed by atoms with van der Waals surface area (Å²) < 4.78 is 0. The quantitative estimate of drug-likeness (QED) is 0.587. The Kier molecular flexibility index (Phi) is 2.57. The Labute approximate surface area is 115 Å². The van der Waals surface area contributed by atoms with Gasteiger partial charge in [0.2, 0.25) is 0 Å². The number of nitrogens with zero attached hydrogens (tertiary/aromatic N) is 2. The lowest BCUT2D eigenvalue weighted by atomic mass is 10.0. The van der Waals surface area contributed by atoms with Crippen LogP contribution in [0.4, 0.5) is 10.5 Å². The van der Waals surface area contributed by atoms with E-state index >= 15 is 0 Å². The first-order valence-electron chi connectivity index (χ1n) is 6.17. The third-order valence-corrected chi connectivity index (χ3v) is 3.53. The molecule has 1 heterocycles. The average Bonchev–Trinajstić information content (AvgIpc) is 2.63. The van der Waals surface area contributed by atoms with Crippen LogP contribution in [0.3, 0.4) is 0 Å². The molecule has 0 atom stereocenters. The van der Waals surface area contributed by atoms with Crippen molar-refractivity contribution < 1.29 is 14.4 Å². The maximum absolute atomic E-state index is 12.1. The molecule has 0 aromatic heterocycles. The summed E-state index contributed by atoms with van der Waals surface area (Å²) in [6, 6.07) is 10.4. The van der Waals surface area contributed by atoms with Crippen LogP contribution < -0.4 is 4.90 Å². The summed E-state index contributed by atoms with van der Waals surface area (Å²) in [7, 11) is 1.30. The molecule has 1 saturated heterocycles. The van der Waals surface area contributed by atoms with Crippen molar-refractivity contribution in [2.75, 3.05) is 11.9 Å². The van der Waals surface area contributed by atoms with Gasteiger partial charge in [0.1, 0.15) is 0 Å². The number of benzene rings is 2. The van der Waals surface area contributed by atoms with Crippen molar-refractivity contribution in [1.82, 2.24) is 4.90 Å². The molecule has 5 nitrogen and oxygen atoms in total. The van der Waals surface area contributed by atoms with Gasteiger partial charge < -0.3 is 0 Å². The van der Waals surface area contributed by atoms with Crippen LogP contribution >= 0.6 is 0 Å². The van der Waals surface area contributed by atoms with Gasteiger partial charge in [-0.25, -0.2) is 9.69 Å². The summed E-state index contributed by atoms with van der Waals surface area (Å²) in [6.07, 6.45) is 0. The molecule has 1 fully saturated rings. The summed E-state index contributed by atoms with van der Waals surface area (Å²) in [4.78, 5) is 37.4. The summed E-state index contributed by atoms with van der Waals surface area (Å²) in [5, 5.41) is 1.73. The molecule has 0 unspecified atom stereocenters. The number of hydrogen-bond acceptors (Lipinski definition) is 3. The van der Waals surface area contributed by atoms with Gasteiger partial charge >= 0.3 is 17.8 Å². The molecule has 0 aliphatic carbocycles. The van der Waals surface area contributed by atoms with Crippen LogP contribution in [-0.4, -0.2) is 29.8 Å². The van der Waals surface area contributed by atoms with E-state index in [1.54, 1.807) is 12.1 Å². The predicted molar refractivity (Wildman–Crippen MR) is 74.3 cm³/mol. The van der Waals surface area contributed by atoms with E-state index in [2.05, 4.69) is 0 Å². The molecular weight excluding hydrogens is 256 g/mol. The van der Waals surface area contributed by atoms with Crippen LogP contribution in [0.15, 0.2) is 36.4 Å². The first-order valence-corrected chi connectivity index (χ1v) is 6.17. The molecule has 0 bridgehead atoms. The second-order valence-corrected chi connectivity index (χ2v) is 4.73. The minimum absolute atomic E-state index is 0.443. The molecule has 3 rings (SSSR count). The van der Waals surface area contributed by atoms with E-state index in [0.717, 1.165) is 26.1 Å². The highest BCUT2D eigenvalue weighted by Gasteiger charge is 2.43. The smallest absolute Gasteiger partial charge is 0.263 e. The average molecular weight is 268 g/mol. The van der Waals surface area contributed by atoms with E-state index in [9.17, 15) is 14.4 Å². The first-order chi connectivity index (χ1) is 9.52. The first kappa shape index (κ1) is 12.3. The number of imide groups is 2. The molecule has 2 aromatic rings. The largest absolute Gasteiger partial charge is 0.338 e. The van der Waals surface area contributed by atoms with Crippen molar-refractivity contribution in [2.24, 2.45) is 0 Å². The van der Waals surface area contributed by atoms with Gasteiger partial charge in [-0.1, -0.05) is 30.3 Å². The van der Waals surface area contributed by atoms with Gasteiger partial charge in [-0.3, -0.25) is 14.5 Å². The number of carbonyl (C=O) groups is 3. The van der Waals surface area contributed by atoms with Gasteiger partial charge in [0.15, 0.2) is 0 Å². The van der Waals surface area contributed by atoms with Gasteiger partial charge in [0.25, 0.3) is 0 Å². The number of carbonyl (C=O) groups excluding carboxylic acids is 3. The van der Waals surface area contributed by atoms with Crippen LogP contribution in [0, 0.1) is 6.92 Å². The van der Waals surface area contributed by atoms with Crippen LogP contribution in [-0.2, 0) is 9.59 Å². The minimum Gasteiger partial charge on any atom is -0.263 e. The maximum atomic E-state index is 12.1. The number of urea groups is 1. The maximum Gasteiger partial charge on any atom is 0.338 e. The van der Waals surface area contributed by atoms with Crippen molar-refractivity contribution in [3.8, 4) is 0 Å². The lowest BCUT2D eigenvalue weighted by Gasteiger charge is -2.16. The van der Waals surface area contributed by atoms with Crippen molar-refractivity contribution in [3.63, 3.8) is 0 Å². The third kappa shape index (κ3) is 1.53. The molecule has 1 aliphatic rings. The van der Waals surface area contributed by atoms with Gasteiger partial charge in [0.05, 0.1) is 5.69 Å². The van der Waals surface area contributed by atoms with Crippen molar-refractivity contribution in [2.45, 2.75) is 6.92 Å². The molecular formula is C15H12N2O3. The van der Waals surface area contributed by atoms with E-state index in [4.69, 9.17) is 0 Å². The Balaban J connectivity index is 2.26. The molecule has 4 amide bonds. The number of aryl methyl sites for hydroxylation is 1. The Morgan fingerprint density at radius 2 is 1.50 bits per heavy atom. The van der Waals surface area contributed by atoms with E-state index in [0.29, 0.717) is 5.69 Å². The molecule has 5 heteroatoms. The minimum atomic E-state index is -0.813. The van der Waals surface area contributed by atoms with Gasteiger partial charge in [-0.2, -0.15) is 0 Å². The third-order valence-electron chi connectivity index (χ3n) is 3.53. The summed E-state index contributed by atoms with van der Waals surface area (Å²) in [5.74, 6) is -1.62. The number of likely N-dealkylation sites (N-methyl/N-ethyl adjacent to an activating group) is 1. The van der Waals surface area contributed by atoms with Gasteiger partial charge in [-0.15, -0.1) is 0 Å². The second kappa shape index (κ2) is 4.16. The molecule has 1 aliphatic heterocycles. The lowest BCUT2D eigenvalue weighted by molar-refractivity contribution is -0.138. The van der Waals surface area contributed by atoms with E-state index in [1.807, 2.05) is 31.2 Å². The molecule has 2 aromatic carbocycles. The molecule has 100 valence electrons. The zero-order valence-corrected chi connectivity index (χ0v) is 11.1. The number of amides is 4. The number of fused-ring (bicyclic) bond motifs is 1. The molecule has 0 N–H and O–H groups in total. The number of hydrogen-bond donors (Lipinski definition) is 0. The zero-order valence-electron chi connectivity index (χ0n) is 11.1. The van der Waals surface area contributed by atoms with Crippen LogP contribution in [0.25, 0.3) is 10.8 Å². The zero-order chi connectivity index (χ0) is 14.4. The summed E-state index contributed by atoms with van der Waals surface area (Å²) >= 11 is 0. The standard InChI is InChI=1S/C15H12N2O3/c1-9-5-3-7-11-10(9)6-4-8-12(11)17-14(19)13(18)16(2)15(17)20/h3-8H,1-2H3. The van der Waals surface area contributed by atoms with E-state index in [1.165, 1.54) is 7.05 Å². The fourth-order valence-corrected chi connectivity index (χ4v) is 2.42. The van der Waals surface area contributed by atoms with Crippen LogP contribution in [0.2, 0.25) is 0 Å². The van der Waals surface area contributed by atoms with E-state index in [-0.39, 0.29) is 0 Å². The number of anilines is 1. The normalized spacial score (nSPS) is 15.6. The second-order valence-electron chi connectivity index (χ2n) is 4.73. The number of rotatable bonds is 1. The van der Waals surface area contributed by atoms with Crippen LogP contribution in [0.5, 0.6) is 0 Å². The van der Waals surface area contributed by atoms with Gasteiger partial charge in [0, 0.05) is 12.4 Å². The predicted octanol–water partition coefficient (Wildman–Crippen LogP) is 2.07. The SMILES string of the molecule is Cc1cccc2c(N3C(=O)C(=O)N(C)C3=O)cccc12. The Bertz CT molecular complexity index is 767. The van der Waals surface area contributed by atoms with E-state index < -0.39 is 17.8 Å². The van der Waals surface area contributed by atoms with Crippen molar-refractivity contribution in [1.29, 1.82) is 0 Å². The summed E-state index contributed by atoms with van der Waals surface area (Å²) in [5.41, 5.74) is 1.49. The Morgan fingerprint density at radius 1 is 0.850 bits per heavy atom. The molecule has 20 heavy (non-hydrogen) atoms. The molecule has 0 saturated carbocycles. The fourth-order valence-electron chi connectivity index (χ4n) is 2.42. The Morgan fingerprint density at radius 3 is 2.15 bits per heavy atom. The highest BCUT2D eigenvalue weighted by Crippen LogP contribution is 2.31. The highest BCUT2D eigenvalue weighted by atomic mass is 16.2. The lowest BCUT2D eigenvalue weighted by Crippen LogP contribution is -2.31. The highest BCUT2D eigenvalue weighted by molar-refractivity contribution is 6.53. The molecule has 0 spiro atoms. The van der Waals surface area contributed by atoms with Crippen LogP contribution in [0.1, 0.15) is 5.56 Å². The monoisotopic (exact) mass is 268 g/mol.